The summed E-state index contributed by atoms with van der Waals surface area (Å²) in [5, 5.41) is 3.44. The van der Waals surface area contributed by atoms with Gasteiger partial charge in [0, 0.05) is 39.9 Å². The fourth-order valence-electron chi connectivity index (χ4n) is 3.22. The number of nitrogens with one attached hydrogen (secondary N) is 1. The van der Waals surface area contributed by atoms with Gasteiger partial charge in [-0.25, -0.2) is 0 Å². The molecule has 2 rings (SSSR count). The van der Waals surface area contributed by atoms with Gasteiger partial charge in [0.25, 0.3) is 0 Å². The van der Waals surface area contributed by atoms with E-state index in [1.54, 1.807) is 7.11 Å². The molecular weight excluding hydrogens is 266 g/mol. The van der Waals surface area contributed by atoms with Crippen LogP contribution in [0.2, 0.25) is 0 Å². The minimum Gasteiger partial charge on any atom is -0.382 e. The summed E-state index contributed by atoms with van der Waals surface area (Å²) >= 11 is 0. The molecule has 0 aromatic carbocycles. The maximum Gasteiger partial charge on any atom is 0.193 e. The molecule has 0 aromatic heterocycles. The third-order valence-electron chi connectivity index (χ3n) is 4.63. The molecule has 122 valence electrons. The first-order valence-corrected chi connectivity index (χ1v) is 8.40. The Bertz CT molecular complexity index is 329. The van der Waals surface area contributed by atoms with Gasteiger partial charge in [0.2, 0.25) is 0 Å². The molecule has 0 unspecified atom stereocenters. The summed E-state index contributed by atoms with van der Waals surface area (Å²) in [5.41, 5.74) is 0.624. The molecule has 1 aliphatic carbocycles. The lowest BCUT2D eigenvalue weighted by Gasteiger charge is -2.38. The fraction of sp³-hybridized carbons (Fsp3) is 0.938. The third kappa shape index (κ3) is 4.85. The van der Waals surface area contributed by atoms with E-state index < -0.39 is 0 Å². The van der Waals surface area contributed by atoms with Gasteiger partial charge in [-0.1, -0.05) is 6.42 Å². The molecule has 1 spiro atoms. The van der Waals surface area contributed by atoms with Gasteiger partial charge < -0.3 is 19.7 Å². The fourth-order valence-corrected chi connectivity index (χ4v) is 3.22. The van der Waals surface area contributed by atoms with Crippen LogP contribution in [0.1, 0.15) is 39.0 Å². The topological polar surface area (TPSA) is 46.1 Å². The highest BCUT2D eigenvalue weighted by atomic mass is 16.5. The maximum atomic E-state index is 5.47. The molecule has 1 heterocycles. The monoisotopic (exact) mass is 297 g/mol. The first-order chi connectivity index (χ1) is 10.3. The van der Waals surface area contributed by atoms with Crippen LogP contribution in [0.5, 0.6) is 0 Å². The Hall–Kier alpha value is -0.810. The molecule has 1 saturated carbocycles. The van der Waals surface area contributed by atoms with Gasteiger partial charge in [-0.3, -0.25) is 4.99 Å². The van der Waals surface area contributed by atoms with Crippen molar-refractivity contribution in [1.29, 1.82) is 0 Å². The average Bonchev–Trinajstić information content (AvgIpc) is 2.91. The number of nitrogens with zero attached hydrogens (tertiary/aromatic N) is 2. The van der Waals surface area contributed by atoms with Gasteiger partial charge in [0.05, 0.1) is 13.2 Å². The molecular formula is C16H31N3O2. The Kier molecular flexibility index (Phi) is 6.77. The van der Waals surface area contributed by atoms with Gasteiger partial charge in [-0.2, -0.15) is 0 Å². The molecule has 21 heavy (non-hydrogen) atoms. The van der Waals surface area contributed by atoms with Gasteiger partial charge in [-0.15, -0.1) is 0 Å². The second-order valence-corrected chi connectivity index (χ2v) is 6.22. The van der Waals surface area contributed by atoms with Crippen LogP contribution in [0.4, 0.5) is 0 Å². The summed E-state index contributed by atoms with van der Waals surface area (Å²) in [6.45, 7) is 8.37. The number of methoxy groups -OCH3 is 1. The van der Waals surface area contributed by atoms with Gasteiger partial charge in [0.1, 0.15) is 0 Å². The minimum atomic E-state index is 0.624. The lowest BCUT2D eigenvalue weighted by Crippen LogP contribution is -2.42. The van der Waals surface area contributed by atoms with Crippen LogP contribution in [0.3, 0.4) is 0 Å². The summed E-state index contributed by atoms with van der Waals surface area (Å²) in [5.74, 6) is 1.10. The number of rotatable bonds is 8. The number of ether oxygens (including phenoxy) is 2. The highest BCUT2D eigenvalue weighted by Gasteiger charge is 2.43. The van der Waals surface area contributed by atoms with E-state index in [1.165, 1.54) is 32.2 Å². The first kappa shape index (κ1) is 16.6. The lowest BCUT2D eigenvalue weighted by molar-refractivity contribution is 0.0702. The van der Waals surface area contributed by atoms with Crippen molar-refractivity contribution in [3.8, 4) is 0 Å². The highest BCUT2D eigenvalue weighted by molar-refractivity contribution is 5.80. The summed E-state index contributed by atoms with van der Waals surface area (Å²) in [7, 11) is 1.70. The Morgan fingerprint density at radius 3 is 2.71 bits per heavy atom. The average molecular weight is 297 g/mol. The van der Waals surface area contributed by atoms with Crippen LogP contribution < -0.4 is 5.32 Å². The first-order valence-electron chi connectivity index (χ1n) is 8.40. The Labute approximate surface area is 129 Å². The summed E-state index contributed by atoms with van der Waals surface area (Å²) < 4.78 is 10.4. The lowest BCUT2D eigenvalue weighted by atomic mass is 9.68. The van der Waals surface area contributed by atoms with Crippen molar-refractivity contribution in [2.24, 2.45) is 10.4 Å². The predicted octanol–water partition coefficient (Wildman–Crippen LogP) is 1.88. The minimum absolute atomic E-state index is 0.624. The number of aliphatic imine (C=N–C) groups is 1. The third-order valence-corrected chi connectivity index (χ3v) is 4.63. The molecule has 0 amide bonds. The normalized spacial score (nSPS) is 20.9. The Morgan fingerprint density at radius 1 is 1.24 bits per heavy atom. The number of hydrogen-bond acceptors (Lipinski definition) is 3. The summed E-state index contributed by atoms with van der Waals surface area (Å²) in [4.78, 5) is 7.21. The summed E-state index contributed by atoms with van der Waals surface area (Å²) in [6.07, 6.45) is 6.56. The molecule has 0 atom stereocenters. The smallest absolute Gasteiger partial charge is 0.193 e. The number of guanidine groups is 1. The van der Waals surface area contributed by atoms with Gasteiger partial charge in [-0.05, 0) is 38.0 Å². The number of hydrogen-bond donors (Lipinski definition) is 1. The molecule has 0 aromatic rings. The quantitative estimate of drug-likeness (QED) is 0.422. The molecule has 1 aliphatic heterocycles. The molecule has 2 aliphatic rings. The molecule has 1 saturated heterocycles. The highest BCUT2D eigenvalue weighted by Crippen LogP contribution is 2.47. The van der Waals surface area contributed by atoms with Crippen LogP contribution in [0, 0.1) is 5.41 Å². The SMILES string of the molecule is CCNC(=NCCCOCCOC)N1CCC2(CCC2)C1. The molecule has 5 heteroatoms. The van der Waals surface area contributed by atoms with Crippen molar-refractivity contribution in [1.82, 2.24) is 10.2 Å². The van der Waals surface area contributed by atoms with Gasteiger partial charge in [0.15, 0.2) is 5.96 Å². The maximum absolute atomic E-state index is 5.47. The zero-order valence-corrected chi connectivity index (χ0v) is 13.7. The molecule has 2 fully saturated rings. The van der Waals surface area contributed by atoms with E-state index in [2.05, 4.69) is 17.1 Å². The van der Waals surface area contributed by atoms with E-state index in [4.69, 9.17) is 14.5 Å². The summed E-state index contributed by atoms with van der Waals surface area (Å²) in [6, 6.07) is 0. The van der Waals surface area contributed by atoms with Crippen molar-refractivity contribution in [3.05, 3.63) is 0 Å². The second kappa shape index (κ2) is 8.59. The van der Waals surface area contributed by atoms with Crippen molar-refractivity contribution in [2.45, 2.75) is 39.0 Å². The van der Waals surface area contributed by atoms with E-state index in [0.717, 1.165) is 38.6 Å². The van der Waals surface area contributed by atoms with Crippen molar-refractivity contribution >= 4 is 5.96 Å². The van der Waals surface area contributed by atoms with E-state index in [1.807, 2.05) is 0 Å². The zero-order valence-electron chi connectivity index (χ0n) is 13.7. The van der Waals surface area contributed by atoms with Crippen LogP contribution in [0.25, 0.3) is 0 Å². The molecule has 1 N–H and O–H groups in total. The van der Waals surface area contributed by atoms with E-state index >= 15 is 0 Å². The van der Waals surface area contributed by atoms with Crippen LogP contribution in [-0.2, 0) is 9.47 Å². The Balaban J connectivity index is 1.69. The van der Waals surface area contributed by atoms with E-state index in [-0.39, 0.29) is 0 Å². The Morgan fingerprint density at radius 2 is 2.10 bits per heavy atom. The van der Waals surface area contributed by atoms with Gasteiger partial charge >= 0.3 is 0 Å². The van der Waals surface area contributed by atoms with Crippen LogP contribution in [0.15, 0.2) is 4.99 Å². The van der Waals surface area contributed by atoms with Crippen molar-refractivity contribution in [2.75, 3.05) is 53.1 Å². The van der Waals surface area contributed by atoms with E-state index in [9.17, 15) is 0 Å². The van der Waals surface area contributed by atoms with E-state index in [0.29, 0.717) is 18.6 Å². The van der Waals surface area contributed by atoms with Crippen molar-refractivity contribution < 1.29 is 9.47 Å². The molecule has 5 nitrogen and oxygen atoms in total. The largest absolute Gasteiger partial charge is 0.382 e. The molecule has 0 bridgehead atoms. The zero-order chi connectivity index (χ0) is 15.0. The molecule has 0 radical (unpaired) electrons. The van der Waals surface area contributed by atoms with Crippen molar-refractivity contribution in [3.63, 3.8) is 0 Å². The number of likely N-dealkylation sites (tertiary alicyclic amines) is 1. The van der Waals surface area contributed by atoms with Crippen LogP contribution >= 0.6 is 0 Å². The van der Waals surface area contributed by atoms with Crippen LogP contribution in [-0.4, -0.2) is 64.0 Å². The predicted molar refractivity (Wildman–Crippen MR) is 85.8 cm³/mol. The standard InChI is InChI=1S/C16H31N3O2/c1-3-17-15(18-9-5-11-21-13-12-20-2)19-10-8-16(14-19)6-4-7-16/h3-14H2,1-2H3,(H,17,18). The second-order valence-electron chi connectivity index (χ2n) is 6.22.